The van der Waals surface area contributed by atoms with Crippen molar-refractivity contribution in [1.82, 2.24) is 9.80 Å². The van der Waals surface area contributed by atoms with E-state index in [2.05, 4.69) is 16.8 Å². The first-order chi connectivity index (χ1) is 8.63. The van der Waals surface area contributed by atoms with Gasteiger partial charge in [0.05, 0.1) is 0 Å². The summed E-state index contributed by atoms with van der Waals surface area (Å²) in [5.74, 6) is 0.726. The molecule has 1 aromatic carbocycles. The highest BCUT2D eigenvalue weighted by Crippen LogP contribution is 2.22. The summed E-state index contributed by atoms with van der Waals surface area (Å²) < 4.78 is 13.1. The number of piperazine rings is 1. The fourth-order valence-corrected chi connectivity index (χ4v) is 3.03. The van der Waals surface area contributed by atoms with Crippen molar-refractivity contribution in [3.8, 4) is 0 Å². The number of likely N-dealkylation sites (N-methyl/N-ethyl adjacent to an activating group) is 1. The van der Waals surface area contributed by atoms with Gasteiger partial charge in [0.25, 0.3) is 0 Å². The predicted octanol–water partition coefficient (Wildman–Crippen LogP) is 1.75. The lowest BCUT2D eigenvalue weighted by molar-refractivity contribution is 0.161. The smallest absolute Gasteiger partial charge is 0.126 e. The number of hydrogen-bond donors (Lipinski definition) is 1. The third-order valence-corrected chi connectivity index (χ3v) is 4.12. The molecule has 0 aliphatic carbocycles. The van der Waals surface area contributed by atoms with Crippen LogP contribution in [0.5, 0.6) is 0 Å². The molecular weight excluding hydrogens is 249 g/mol. The molecule has 0 bridgehead atoms. The molecule has 0 saturated carbocycles. The van der Waals surface area contributed by atoms with Gasteiger partial charge >= 0.3 is 0 Å². The van der Waals surface area contributed by atoms with Crippen LogP contribution in [0.2, 0.25) is 0 Å². The van der Waals surface area contributed by atoms with Gasteiger partial charge in [0.15, 0.2) is 0 Å². The molecule has 0 spiro atoms. The van der Waals surface area contributed by atoms with Crippen molar-refractivity contribution in [1.29, 1.82) is 0 Å². The van der Waals surface area contributed by atoms with Crippen LogP contribution in [0.4, 0.5) is 10.1 Å². The van der Waals surface area contributed by atoms with Crippen LogP contribution in [0.1, 0.15) is 0 Å². The largest absolute Gasteiger partial charge is 0.399 e. The Bertz CT molecular complexity index is 372. The highest BCUT2D eigenvalue weighted by atomic mass is 32.2. The van der Waals surface area contributed by atoms with Crippen molar-refractivity contribution < 1.29 is 4.39 Å². The summed E-state index contributed by atoms with van der Waals surface area (Å²) in [6.07, 6.45) is 0. The van der Waals surface area contributed by atoms with Crippen LogP contribution in [-0.4, -0.2) is 55.3 Å². The Morgan fingerprint density at radius 2 is 1.94 bits per heavy atom. The minimum atomic E-state index is -0.253. The number of hydrogen-bond acceptors (Lipinski definition) is 4. The first kappa shape index (κ1) is 13.6. The van der Waals surface area contributed by atoms with Crippen LogP contribution in [0.15, 0.2) is 23.1 Å². The van der Waals surface area contributed by atoms with Crippen LogP contribution < -0.4 is 5.73 Å². The first-order valence-electron chi connectivity index (χ1n) is 6.23. The second-order valence-corrected chi connectivity index (χ2v) is 5.88. The monoisotopic (exact) mass is 269 g/mol. The highest BCUT2D eigenvalue weighted by Gasteiger charge is 2.13. The zero-order valence-corrected chi connectivity index (χ0v) is 11.5. The molecule has 0 atom stereocenters. The first-order valence-corrected chi connectivity index (χ1v) is 7.22. The molecule has 2 N–H and O–H groups in total. The second-order valence-electron chi connectivity index (χ2n) is 4.71. The number of anilines is 1. The Balaban J connectivity index is 1.74. The summed E-state index contributed by atoms with van der Waals surface area (Å²) in [7, 11) is 2.15. The van der Waals surface area contributed by atoms with Gasteiger partial charge < -0.3 is 10.6 Å². The number of halogens is 1. The SMILES string of the molecule is CN1CCN(CCSc2cc(N)cc(F)c2)CC1. The zero-order valence-electron chi connectivity index (χ0n) is 10.7. The lowest BCUT2D eigenvalue weighted by Gasteiger charge is -2.32. The maximum absolute atomic E-state index is 13.1. The maximum Gasteiger partial charge on any atom is 0.126 e. The molecule has 0 aromatic heterocycles. The Labute approximate surface area is 112 Å². The van der Waals surface area contributed by atoms with E-state index in [4.69, 9.17) is 5.73 Å². The minimum absolute atomic E-state index is 0.253. The molecule has 3 nitrogen and oxygen atoms in total. The Morgan fingerprint density at radius 1 is 1.22 bits per heavy atom. The molecule has 100 valence electrons. The minimum Gasteiger partial charge on any atom is -0.399 e. The van der Waals surface area contributed by atoms with Crippen molar-refractivity contribution in [2.24, 2.45) is 0 Å². The van der Waals surface area contributed by atoms with Gasteiger partial charge in [-0.3, -0.25) is 4.90 Å². The van der Waals surface area contributed by atoms with E-state index >= 15 is 0 Å². The van der Waals surface area contributed by atoms with Crippen LogP contribution >= 0.6 is 11.8 Å². The number of thioether (sulfide) groups is 1. The molecular formula is C13H20FN3S. The van der Waals surface area contributed by atoms with E-state index in [1.165, 1.54) is 6.07 Å². The summed E-state index contributed by atoms with van der Waals surface area (Å²) in [6, 6.07) is 4.73. The van der Waals surface area contributed by atoms with Gasteiger partial charge in [-0.15, -0.1) is 11.8 Å². The number of benzene rings is 1. The fourth-order valence-electron chi connectivity index (χ4n) is 2.03. The topological polar surface area (TPSA) is 32.5 Å². The average molecular weight is 269 g/mol. The second kappa shape index (κ2) is 6.41. The normalized spacial score (nSPS) is 18.1. The quantitative estimate of drug-likeness (QED) is 0.667. The molecule has 1 saturated heterocycles. The molecule has 2 rings (SSSR count). The molecule has 1 fully saturated rings. The van der Waals surface area contributed by atoms with Crippen molar-refractivity contribution in [3.63, 3.8) is 0 Å². The Kier molecular flexibility index (Phi) is 4.86. The van der Waals surface area contributed by atoms with E-state index < -0.39 is 0 Å². The molecule has 0 radical (unpaired) electrons. The van der Waals surface area contributed by atoms with E-state index in [1.54, 1.807) is 17.8 Å². The summed E-state index contributed by atoms with van der Waals surface area (Å²) in [4.78, 5) is 5.72. The number of rotatable bonds is 4. The maximum atomic E-state index is 13.1. The predicted molar refractivity (Wildman–Crippen MR) is 75.5 cm³/mol. The average Bonchev–Trinajstić information content (AvgIpc) is 2.30. The number of nitrogens with two attached hydrogens (primary N) is 1. The third-order valence-electron chi connectivity index (χ3n) is 3.17. The zero-order chi connectivity index (χ0) is 13.0. The van der Waals surface area contributed by atoms with Crippen molar-refractivity contribution in [2.75, 3.05) is 51.3 Å². The Hall–Kier alpha value is -0.780. The fraction of sp³-hybridized carbons (Fsp3) is 0.538. The lowest BCUT2D eigenvalue weighted by atomic mass is 10.3. The van der Waals surface area contributed by atoms with Gasteiger partial charge in [-0.25, -0.2) is 4.39 Å². The Morgan fingerprint density at radius 3 is 2.61 bits per heavy atom. The third kappa shape index (κ3) is 4.15. The van der Waals surface area contributed by atoms with Crippen LogP contribution in [0.25, 0.3) is 0 Å². The number of nitrogens with zero attached hydrogens (tertiary/aromatic N) is 2. The summed E-state index contributed by atoms with van der Waals surface area (Å²) >= 11 is 1.67. The molecule has 0 amide bonds. The van der Waals surface area contributed by atoms with Crippen LogP contribution in [-0.2, 0) is 0 Å². The van der Waals surface area contributed by atoms with Gasteiger partial charge in [-0.2, -0.15) is 0 Å². The lowest BCUT2D eigenvalue weighted by Crippen LogP contribution is -2.45. The van der Waals surface area contributed by atoms with Crippen LogP contribution in [0.3, 0.4) is 0 Å². The summed E-state index contributed by atoms with van der Waals surface area (Å²) in [6.45, 7) is 5.58. The summed E-state index contributed by atoms with van der Waals surface area (Å²) in [5.41, 5.74) is 6.12. The van der Waals surface area contributed by atoms with Crippen molar-refractivity contribution in [2.45, 2.75) is 4.90 Å². The van der Waals surface area contributed by atoms with E-state index in [-0.39, 0.29) is 5.82 Å². The van der Waals surface area contributed by atoms with E-state index in [0.29, 0.717) is 5.69 Å². The molecule has 1 aliphatic heterocycles. The molecule has 18 heavy (non-hydrogen) atoms. The van der Waals surface area contributed by atoms with Crippen molar-refractivity contribution >= 4 is 17.4 Å². The van der Waals surface area contributed by atoms with E-state index in [9.17, 15) is 4.39 Å². The van der Waals surface area contributed by atoms with Crippen LogP contribution in [0, 0.1) is 5.82 Å². The van der Waals surface area contributed by atoms with Crippen molar-refractivity contribution in [3.05, 3.63) is 24.0 Å². The van der Waals surface area contributed by atoms with Gasteiger partial charge in [-0.1, -0.05) is 0 Å². The van der Waals surface area contributed by atoms with E-state index in [1.807, 2.05) is 6.07 Å². The molecule has 1 aliphatic rings. The molecule has 0 unspecified atom stereocenters. The summed E-state index contributed by atoms with van der Waals surface area (Å²) in [5, 5.41) is 0. The standard InChI is InChI=1S/C13H20FN3S/c1-16-2-4-17(5-3-16)6-7-18-13-9-11(14)8-12(15)10-13/h8-10H,2-7,15H2,1H3. The number of nitrogen functional groups attached to an aromatic ring is 1. The van der Waals surface area contributed by atoms with Gasteiger partial charge in [0, 0.05) is 49.1 Å². The van der Waals surface area contributed by atoms with Gasteiger partial charge in [-0.05, 0) is 25.2 Å². The van der Waals surface area contributed by atoms with Gasteiger partial charge in [0.1, 0.15) is 5.82 Å². The molecule has 1 heterocycles. The highest BCUT2D eigenvalue weighted by molar-refractivity contribution is 7.99. The molecule has 1 aromatic rings. The molecule has 5 heteroatoms. The van der Waals surface area contributed by atoms with E-state index in [0.717, 1.165) is 43.4 Å². The van der Waals surface area contributed by atoms with Gasteiger partial charge in [0.2, 0.25) is 0 Å².